The lowest BCUT2D eigenvalue weighted by atomic mass is 9.84. The second kappa shape index (κ2) is 5.44. The highest BCUT2D eigenvalue weighted by atomic mass is 16.4. The first kappa shape index (κ1) is 14.2. The Bertz CT molecular complexity index is 602. The smallest absolute Gasteiger partial charge is 0.308 e. The molecule has 2 aromatic rings. The highest BCUT2D eigenvalue weighted by molar-refractivity contribution is 5.82. The number of aromatic amines is 1. The number of fused-ring (bicyclic) bond motifs is 1. The van der Waals surface area contributed by atoms with Gasteiger partial charge in [-0.1, -0.05) is 20.8 Å². The van der Waals surface area contributed by atoms with E-state index in [2.05, 4.69) is 25.3 Å². The van der Waals surface area contributed by atoms with Crippen molar-refractivity contribution in [3.05, 3.63) is 12.7 Å². The van der Waals surface area contributed by atoms with Gasteiger partial charge in [0.05, 0.1) is 12.2 Å². The van der Waals surface area contributed by atoms with Crippen LogP contribution in [0.25, 0.3) is 11.2 Å². The fraction of sp³-hybridized carbons (Fsp3) is 0.538. The van der Waals surface area contributed by atoms with Gasteiger partial charge < -0.3 is 15.4 Å². The number of aliphatic carboxylic acids is 1. The van der Waals surface area contributed by atoms with Gasteiger partial charge in [-0.15, -0.1) is 0 Å². The van der Waals surface area contributed by atoms with Gasteiger partial charge in [0.2, 0.25) is 0 Å². The van der Waals surface area contributed by atoms with Gasteiger partial charge in [0, 0.05) is 6.54 Å². The molecule has 0 amide bonds. The first-order valence-electron chi connectivity index (χ1n) is 6.47. The Kier molecular flexibility index (Phi) is 3.87. The van der Waals surface area contributed by atoms with E-state index in [-0.39, 0.29) is 5.41 Å². The zero-order valence-electron chi connectivity index (χ0n) is 11.8. The molecule has 0 saturated heterocycles. The largest absolute Gasteiger partial charge is 0.481 e. The summed E-state index contributed by atoms with van der Waals surface area (Å²) in [6.45, 7) is 6.40. The van der Waals surface area contributed by atoms with E-state index in [9.17, 15) is 9.90 Å². The van der Waals surface area contributed by atoms with Crippen LogP contribution in [-0.4, -0.2) is 37.6 Å². The summed E-state index contributed by atoms with van der Waals surface area (Å²) in [5.41, 5.74) is 1.21. The van der Waals surface area contributed by atoms with Gasteiger partial charge in [-0.3, -0.25) is 4.79 Å². The lowest BCUT2D eigenvalue weighted by Crippen LogP contribution is -2.27. The van der Waals surface area contributed by atoms with Crippen LogP contribution in [0.3, 0.4) is 0 Å². The van der Waals surface area contributed by atoms with Crippen LogP contribution in [0.15, 0.2) is 12.7 Å². The van der Waals surface area contributed by atoms with Gasteiger partial charge in [0.25, 0.3) is 0 Å². The third kappa shape index (κ3) is 3.43. The van der Waals surface area contributed by atoms with E-state index in [0.29, 0.717) is 29.9 Å². The molecule has 0 fully saturated rings. The van der Waals surface area contributed by atoms with Crippen molar-refractivity contribution in [3.8, 4) is 0 Å². The SMILES string of the molecule is CC(C)(C)CC(CNc1ncnc2nc[nH]c12)C(=O)O. The topological polar surface area (TPSA) is 104 Å². The molecule has 0 saturated carbocycles. The van der Waals surface area contributed by atoms with Crippen molar-refractivity contribution in [1.82, 2.24) is 19.9 Å². The number of carboxylic acids is 1. The van der Waals surface area contributed by atoms with Crippen molar-refractivity contribution in [2.45, 2.75) is 27.2 Å². The number of anilines is 1. The van der Waals surface area contributed by atoms with Gasteiger partial charge >= 0.3 is 5.97 Å². The molecule has 0 radical (unpaired) electrons. The lowest BCUT2D eigenvalue weighted by molar-refractivity contribution is -0.142. The number of aromatic nitrogens is 4. The fourth-order valence-corrected chi connectivity index (χ4v) is 2.10. The Morgan fingerprint density at radius 1 is 1.40 bits per heavy atom. The number of rotatable bonds is 5. The normalized spacial score (nSPS) is 13.3. The number of nitrogens with zero attached hydrogens (tertiary/aromatic N) is 3. The van der Waals surface area contributed by atoms with Crippen LogP contribution in [0.4, 0.5) is 5.82 Å². The molecular weight excluding hydrogens is 258 g/mol. The molecule has 0 aromatic carbocycles. The summed E-state index contributed by atoms with van der Waals surface area (Å²) in [5.74, 6) is -0.696. The highest BCUT2D eigenvalue weighted by Gasteiger charge is 2.24. The van der Waals surface area contributed by atoms with Crippen molar-refractivity contribution in [1.29, 1.82) is 0 Å². The second-order valence-corrected chi connectivity index (χ2v) is 6.00. The predicted octanol–water partition coefficient (Wildman–Crippen LogP) is 1.90. The molecule has 0 bridgehead atoms. The first-order valence-corrected chi connectivity index (χ1v) is 6.47. The molecular formula is C13H19N5O2. The van der Waals surface area contributed by atoms with E-state index in [1.54, 1.807) is 0 Å². The molecule has 0 spiro atoms. The minimum Gasteiger partial charge on any atom is -0.481 e. The van der Waals surface area contributed by atoms with Crippen molar-refractivity contribution in [3.63, 3.8) is 0 Å². The van der Waals surface area contributed by atoms with E-state index in [0.717, 1.165) is 0 Å². The van der Waals surface area contributed by atoms with Crippen LogP contribution >= 0.6 is 0 Å². The van der Waals surface area contributed by atoms with E-state index in [1.165, 1.54) is 12.7 Å². The number of hydrogen-bond acceptors (Lipinski definition) is 5. The molecule has 2 heterocycles. The Balaban J connectivity index is 2.09. The summed E-state index contributed by atoms with van der Waals surface area (Å²) in [5, 5.41) is 12.4. The monoisotopic (exact) mass is 277 g/mol. The quantitative estimate of drug-likeness (QED) is 0.771. The van der Waals surface area contributed by atoms with Crippen molar-refractivity contribution >= 4 is 23.0 Å². The summed E-state index contributed by atoms with van der Waals surface area (Å²) in [6, 6.07) is 0. The zero-order chi connectivity index (χ0) is 14.8. The maximum Gasteiger partial charge on any atom is 0.308 e. The minimum atomic E-state index is -0.803. The molecule has 1 unspecified atom stereocenters. The van der Waals surface area contributed by atoms with Gasteiger partial charge in [0.1, 0.15) is 11.8 Å². The van der Waals surface area contributed by atoms with Crippen molar-refractivity contribution < 1.29 is 9.90 Å². The number of nitrogens with one attached hydrogen (secondary N) is 2. The van der Waals surface area contributed by atoms with Gasteiger partial charge in [0.15, 0.2) is 11.5 Å². The zero-order valence-corrected chi connectivity index (χ0v) is 11.8. The number of imidazole rings is 1. The maximum atomic E-state index is 11.3. The molecule has 20 heavy (non-hydrogen) atoms. The second-order valence-electron chi connectivity index (χ2n) is 6.00. The summed E-state index contributed by atoms with van der Waals surface area (Å²) >= 11 is 0. The van der Waals surface area contributed by atoms with Gasteiger partial charge in [-0.05, 0) is 11.8 Å². The molecule has 108 valence electrons. The first-order chi connectivity index (χ1) is 9.37. The van der Waals surface area contributed by atoms with E-state index >= 15 is 0 Å². The Labute approximate surface area is 116 Å². The number of carbonyl (C=O) groups is 1. The molecule has 2 aromatic heterocycles. The Morgan fingerprint density at radius 2 is 2.15 bits per heavy atom. The molecule has 3 N–H and O–H groups in total. The van der Waals surface area contributed by atoms with Crippen LogP contribution in [0.1, 0.15) is 27.2 Å². The molecule has 2 rings (SSSR count). The molecule has 0 aliphatic carbocycles. The van der Waals surface area contributed by atoms with Crippen molar-refractivity contribution in [2.24, 2.45) is 11.3 Å². The number of hydrogen-bond donors (Lipinski definition) is 3. The summed E-state index contributed by atoms with van der Waals surface area (Å²) < 4.78 is 0. The van der Waals surface area contributed by atoms with E-state index in [4.69, 9.17) is 0 Å². The third-order valence-electron chi connectivity index (χ3n) is 2.95. The van der Waals surface area contributed by atoms with Gasteiger partial charge in [-0.25, -0.2) is 15.0 Å². The molecule has 7 heteroatoms. The Hall–Kier alpha value is -2.18. The lowest BCUT2D eigenvalue weighted by Gasteiger charge is -2.23. The number of H-pyrrole nitrogens is 1. The summed E-state index contributed by atoms with van der Waals surface area (Å²) in [6.07, 6.45) is 3.53. The average Bonchev–Trinajstić information content (AvgIpc) is 2.81. The van der Waals surface area contributed by atoms with Crippen LogP contribution < -0.4 is 5.32 Å². The van der Waals surface area contributed by atoms with Crippen LogP contribution in [0.5, 0.6) is 0 Å². The van der Waals surface area contributed by atoms with Gasteiger partial charge in [-0.2, -0.15) is 0 Å². The van der Waals surface area contributed by atoms with Crippen molar-refractivity contribution in [2.75, 3.05) is 11.9 Å². The predicted molar refractivity (Wildman–Crippen MR) is 75.4 cm³/mol. The molecule has 7 nitrogen and oxygen atoms in total. The highest BCUT2D eigenvalue weighted by Crippen LogP contribution is 2.25. The third-order valence-corrected chi connectivity index (χ3v) is 2.95. The number of carboxylic acid groups (broad SMARTS) is 1. The average molecular weight is 277 g/mol. The maximum absolute atomic E-state index is 11.3. The summed E-state index contributed by atoms with van der Waals surface area (Å²) in [7, 11) is 0. The molecule has 0 aliphatic rings. The summed E-state index contributed by atoms with van der Waals surface area (Å²) in [4.78, 5) is 26.4. The van der Waals surface area contributed by atoms with Crippen LogP contribution in [-0.2, 0) is 4.79 Å². The van der Waals surface area contributed by atoms with Crippen LogP contribution in [0, 0.1) is 11.3 Å². The van der Waals surface area contributed by atoms with E-state index in [1.807, 2.05) is 20.8 Å². The molecule has 1 atom stereocenters. The fourth-order valence-electron chi connectivity index (χ4n) is 2.10. The molecule has 0 aliphatic heterocycles. The minimum absolute atomic E-state index is 0.0419. The van der Waals surface area contributed by atoms with E-state index < -0.39 is 11.9 Å². The van der Waals surface area contributed by atoms with Crippen LogP contribution in [0.2, 0.25) is 0 Å². The Morgan fingerprint density at radius 3 is 2.80 bits per heavy atom. The standard InChI is InChI=1S/C13H19N5O2/c1-13(2,3)4-8(12(19)20)5-14-10-9-11(16-6-15-9)18-7-17-10/h6-8H,4-5H2,1-3H3,(H,19,20)(H2,14,15,16,17,18).